The Morgan fingerprint density at radius 3 is 2.46 bits per heavy atom. The molecule has 1 atom stereocenters. The maximum absolute atomic E-state index is 15.7. The lowest BCUT2D eigenvalue weighted by Gasteiger charge is -2.18. The molecule has 37 heavy (non-hydrogen) atoms. The van der Waals surface area contributed by atoms with Crippen molar-refractivity contribution < 1.29 is 26.7 Å². The summed E-state index contributed by atoms with van der Waals surface area (Å²) in [5.74, 6) is -4.18. The highest BCUT2D eigenvalue weighted by Crippen LogP contribution is 2.36. The van der Waals surface area contributed by atoms with Crippen molar-refractivity contribution in [1.82, 2.24) is 4.98 Å². The standard InChI is InChI=1S/C28H22F4N4O/c1-3-19-15-35-12-5-4-8-21(35)25-18(14-23(30)33-28(25)32)11-10-17-13-20(29)27(34-37)26(31)24(17)22-9-6-7-16(2)36(19)22/h3-9,12-14,19H,1,10-11,15H2,2H3/q+2. The lowest BCUT2D eigenvalue weighted by molar-refractivity contribution is -0.783. The van der Waals surface area contributed by atoms with Crippen molar-refractivity contribution in [2.45, 2.75) is 32.4 Å². The van der Waals surface area contributed by atoms with Crippen molar-refractivity contribution in [2.75, 3.05) is 0 Å². The topological polar surface area (TPSA) is 50.1 Å². The Balaban J connectivity index is 1.88. The number of hydrogen-bond donors (Lipinski definition) is 0. The fraction of sp³-hybridized carbons (Fsp3) is 0.179. The van der Waals surface area contributed by atoms with Crippen LogP contribution < -0.4 is 9.13 Å². The third-order valence-electron chi connectivity index (χ3n) is 6.73. The summed E-state index contributed by atoms with van der Waals surface area (Å²) < 4.78 is 63.5. The molecule has 1 unspecified atom stereocenters. The number of nitrogens with zero attached hydrogens (tertiary/aromatic N) is 4. The maximum Gasteiger partial charge on any atom is 0.235 e. The first-order valence-corrected chi connectivity index (χ1v) is 11.7. The molecule has 3 aromatic heterocycles. The quantitative estimate of drug-likeness (QED) is 0.114. The number of aryl methyl sites for hydroxylation is 3. The molecule has 0 N–H and O–H groups in total. The summed E-state index contributed by atoms with van der Waals surface area (Å²) in [6.45, 7) is 6.07. The van der Waals surface area contributed by atoms with Crippen LogP contribution in [0.4, 0.5) is 23.2 Å². The zero-order valence-corrected chi connectivity index (χ0v) is 19.9. The normalized spacial score (nSPS) is 14.8. The van der Waals surface area contributed by atoms with E-state index in [9.17, 15) is 13.7 Å². The van der Waals surface area contributed by atoms with Gasteiger partial charge in [0.05, 0.1) is 5.56 Å². The molecule has 0 saturated heterocycles. The second-order valence-electron chi connectivity index (χ2n) is 8.88. The fourth-order valence-corrected chi connectivity index (χ4v) is 5.08. The Hall–Kier alpha value is -4.27. The van der Waals surface area contributed by atoms with Gasteiger partial charge in [-0.05, 0) is 59.5 Å². The van der Waals surface area contributed by atoms with E-state index >= 15 is 8.78 Å². The highest BCUT2D eigenvalue weighted by molar-refractivity contribution is 5.68. The summed E-state index contributed by atoms with van der Waals surface area (Å²) >= 11 is 0. The Morgan fingerprint density at radius 2 is 1.73 bits per heavy atom. The van der Waals surface area contributed by atoms with E-state index in [1.54, 1.807) is 47.2 Å². The second kappa shape index (κ2) is 9.65. The lowest BCUT2D eigenvalue weighted by Crippen LogP contribution is -2.51. The van der Waals surface area contributed by atoms with Gasteiger partial charge in [0, 0.05) is 31.2 Å². The van der Waals surface area contributed by atoms with Gasteiger partial charge in [-0.25, -0.2) is 8.78 Å². The monoisotopic (exact) mass is 506 g/mol. The minimum atomic E-state index is -1.11. The van der Waals surface area contributed by atoms with Crippen LogP contribution in [0.15, 0.2) is 72.6 Å². The average Bonchev–Trinajstić information content (AvgIpc) is 2.86. The molecule has 1 aromatic carbocycles. The first-order chi connectivity index (χ1) is 17.8. The molecule has 9 heteroatoms. The van der Waals surface area contributed by atoms with Crippen molar-refractivity contribution in [3.63, 3.8) is 0 Å². The highest BCUT2D eigenvalue weighted by Gasteiger charge is 2.34. The van der Waals surface area contributed by atoms with Gasteiger partial charge in [0.15, 0.2) is 29.2 Å². The average molecular weight is 507 g/mol. The molecule has 4 aromatic rings. The molecule has 0 aliphatic carbocycles. The summed E-state index contributed by atoms with van der Waals surface area (Å²) in [4.78, 5) is 14.7. The molecule has 5 nitrogen and oxygen atoms in total. The molecule has 0 saturated carbocycles. The van der Waals surface area contributed by atoms with Crippen molar-refractivity contribution in [3.8, 4) is 22.5 Å². The first-order valence-electron chi connectivity index (χ1n) is 11.7. The number of hydrogen-bond acceptors (Lipinski definition) is 3. The van der Waals surface area contributed by atoms with Crippen LogP contribution in [0, 0.1) is 35.4 Å². The van der Waals surface area contributed by atoms with E-state index in [2.05, 4.69) is 16.7 Å². The Bertz CT molecular complexity index is 1570. The summed E-state index contributed by atoms with van der Waals surface area (Å²) in [5, 5.41) is 2.59. The molecule has 0 fully saturated rings. The van der Waals surface area contributed by atoms with Gasteiger partial charge in [-0.3, -0.25) is 0 Å². The van der Waals surface area contributed by atoms with Crippen molar-refractivity contribution >= 4 is 5.69 Å². The third kappa shape index (κ3) is 4.20. The van der Waals surface area contributed by atoms with E-state index in [4.69, 9.17) is 0 Å². The molecular weight excluding hydrogens is 484 g/mol. The summed E-state index contributed by atoms with van der Waals surface area (Å²) in [6.07, 6.45) is 3.52. The molecular formula is C28H22F4N4O+2. The van der Waals surface area contributed by atoms with Crippen LogP contribution in [0.5, 0.6) is 0 Å². The Morgan fingerprint density at radius 1 is 1.00 bits per heavy atom. The van der Waals surface area contributed by atoms with E-state index in [-0.39, 0.29) is 36.1 Å². The van der Waals surface area contributed by atoms with Crippen molar-refractivity contribution in [2.24, 2.45) is 5.18 Å². The Labute approximate surface area is 210 Å². The molecule has 0 spiro atoms. The summed E-state index contributed by atoms with van der Waals surface area (Å²) in [7, 11) is 0. The fourth-order valence-electron chi connectivity index (χ4n) is 5.08. The van der Waals surface area contributed by atoms with Crippen LogP contribution in [-0.4, -0.2) is 4.98 Å². The minimum absolute atomic E-state index is 0.00181. The van der Waals surface area contributed by atoms with Crippen molar-refractivity contribution in [3.05, 3.63) is 113 Å². The number of fused-ring (bicyclic) bond motifs is 6. The van der Waals surface area contributed by atoms with E-state index in [1.165, 1.54) is 0 Å². The molecule has 1 aliphatic rings. The zero-order chi connectivity index (χ0) is 26.3. The number of pyridine rings is 3. The smallest absolute Gasteiger partial charge is 0.204 e. The van der Waals surface area contributed by atoms with Gasteiger partial charge in [0.1, 0.15) is 5.56 Å². The largest absolute Gasteiger partial charge is 0.235 e. The zero-order valence-electron chi connectivity index (χ0n) is 19.9. The van der Waals surface area contributed by atoms with Crippen LogP contribution in [0.3, 0.4) is 0 Å². The number of allylic oxidation sites excluding steroid dienone is 1. The third-order valence-corrected chi connectivity index (χ3v) is 6.73. The number of rotatable bonds is 2. The summed E-state index contributed by atoms with van der Waals surface area (Å²) in [6, 6.07) is 12.2. The first kappa shape index (κ1) is 24.4. The van der Waals surface area contributed by atoms with Gasteiger partial charge >= 0.3 is 0 Å². The summed E-state index contributed by atoms with van der Waals surface area (Å²) in [5.41, 5.74) is 1.34. The highest BCUT2D eigenvalue weighted by atomic mass is 19.1. The van der Waals surface area contributed by atoms with Gasteiger partial charge < -0.3 is 0 Å². The van der Waals surface area contributed by atoms with Gasteiger partial charge in [-0.15, -0.1) is 4.91 Å². The Kier molecular flexibility index (Phi) is 6.37. The molecule has 0 radical (unpaired) electrons. The second-order valence-corrected chi connectivity index (χ2v) is 8.88. The minimum Gasteiger partial charge on any atom is -0.204 e. The molecule has 0 amide bonds. The van der Waals surface area contributed by atoms with Crippen LogP contribution in [0.25, 0.3) is 22.5 Å². The van der Waals surface area contributed by atoms with Gasteiger partial charge in [-0.2, -0.15) is 22.9 Å². The van der Waals surface area contributed by atoms with Crippen LogP contribution >= 0.6 is 0 Å². The number of aromatic nitrogens is 3. The van der Waals surface area contributed by atoms with E-state index in [0.717, 1.165) is 17.8 Å². The van der Waals surface area contributed by atoms with E-state index < -0.39 is 35.3 Å². The van der Waals surface area contributed by atoms with Crippen LogP contribution in [-0.2, 0) is 19.4 Å². The molecule has 4 heterocycles. The molecule has 5 rings (SSSR count). The number of nitroso groups, excluding NO2 is 1. The van der Waals surface area contributed by atoms with Crippen LogP contribution in [0.1, 0.15) is 22.9 Å². The SMILES string of the molecule is C=CC1C[n+]2ccccc2-c2c(cc(F)nc2F)CCc2cc(F)c(N=O)c(F)c2-c2cccc(C)[n+]21. The van der Waals surface area contributed by atoms with Crippen molar-refractivity contribution in [1.29, 1.82) is 0 Å². The van der Waals surface area contributed by atoms with E-state index in [0.29, 0.717) is 17.0 Å². The predicted molar refractivity (Wildman–Crippen MR) is 129 cm³/mol. The number of halogens is 4. The molecule has 0 bridgehead atoms. The van der Waals surface area contributed by atoms with Gasteiger partial charge in [0.2, 0.25) is 35.9 Å². The molecule has 1 aliphatic heterocycles. The number of benzene rings is 1. The van der Waals surface area contributed by atoms with Gasteiger partial charge in [0.25, 0.3) is 0 Å². The molecule has 186 valence electrons. The van der Waals surface area contributed by atoms with Gasteiger partial charge in [-0.1, -0.05) is 6.58 Å². The maximum atomic E-state index is 15.7. The van der Waals surface area contributed by atoms with E-state index in [1.807, 2.05) is 17.6 Å². The lowest BCUT2D eigenvalue weighted by atomic mass is 9.93. The van der Waals surface area contributed by atoms with Crippen LogP contribution in [0.2, 0.25) is 0 Å². The predicted octanol–water partition coefficient (Wildman–Crippen LogP) is 5.78.